The van der Waals surface area contributed by atoms with Crippen molar-refractivity contribution in [1.82, 2.24) is 0 Å². The Bertz CT molecular complexity index is 930. The number of halogens is 1. The molecule has 1 atom stereocenters. The Morgan fingerprint density at radius 2 is 1.69 bits per heavy atom. The van der Waals surface area contributed by atoms with Gasteiger partial charge in [0.1, 0.15) is 0 Å². The SMILES string of the molecule is COc1cc([C@@H](CC(=O)c2cccs2)Sc2ccc(Cl)cc2)cc(OC)c1OC. The molecule has 3 rings (SSSR count). The molecular formula is C22H21ClO4S2. The number of hydrogen-bond donors (Lipinski definition) is 0. The molecule has 0 radical (unpaired) electrons. The van der Waals surface area contributed by atoms with Gasteiger partial charge in [-0.05, 0) is 53.4 Å². The highest BCUT2D eigenvalue weighted by Gasteiger charge is 2.23. The third-order valence-electron chi connectivity index (χ3n) is 4.32. The number of thioether (sulfide) groups is 1. The van der Waals surface area contributed by atoms with E-state index < -0.39 is 0 Å². The maximum atomic E-state index is 12.9. The van der Waals surface area contributed by atoms with Gasteiger partial charge in [0.2, 0.25) is 5.75 Å². The number of carbonyl (C=O) groups is 1. The minimum Gasteiger partial charge on any atom is -0.493 e. The lowest BCUT2D eigenvalue weighted by molar-refractivity contribution is 0.0986. The van der Waals surface area contributed by atoms with E-state index in [1.54, 1.807) is 33.1 Å². The maximum absolute atomic E-state index is 12.9. The molecule has 0 spiro atoms. The Hall–Kier alpha value is -2.15. The van der Waals surface area contributed by atoms with Crippen LogP contribution < -0.4 is 14.2 Å². The predicted octanol–water partition coefficient (Wildman–Crippen LogP) is 6.53. The smallest absolute Gasteiger partial charge is 0.203 e. The highest BCUT2D eigenvalue weighted by atomic mass is 35.5. The first-order valence-corrected chi connectivity index (χ1v) is 11.0. The van der Waals surface area contributed by atoms with E-state index in [4.69, 9.17) is 25.8 Å². The second kappa shape index (κ2) is 10.1. The molecule has 0 aliphatic carbocycles. The predicted molar refractivity (Wildman–Crippen MR) is 119 cm³/mol. The second-order valence-corrected chi connectivity index (χ2v) is 8.78. The first-order chi connectivity index (χ1) is 14.0. The van der Waals surface area contributed by atoms with Crippen LogP contribution in [0.15, 0.2) is 58.8 Å². The minimum absolute atomic E-state index is 0.0974. The zero-order valence-corrected chi connectivity index (χ0v) is 18.7. The van der Waals surface area contributed by atoms with Crippen LogP contribution in [0.25, 0.3) is 0 Å². The number of ether oxygens (including phenoxy) is 3. The van der Waals surface area contributed by atoms with Gasteiger partial charge in [-0.25, -0.2) is 0 Å². The minimum atomic E-state index is -0.139. The molecule has 29 heavy (non-hydrogen) atoms. The lowest BCUT2D eigenvalue weighted by Gasteiger charge is -2.20. The van der Waals surface area contributed by atoms with E-state index in [1.807, 2.05) is 53.9 Å². The van der Waals surface area contributed by atoms with E-state index in [9.17, 15) is 4.79 Å². The number of carbonyl (C=O) groups excluding carboxylic acids is 1. The van der Waals surface area contributed by atoms with Crippen molar-refractivity contribution in [3.05, 3.63) is 69.4 Å². The standard InChI is InChI=1S/C22H21ClO4S2/c1-25-18-11-14(12-19(26-2)22(18)27-3)21(13-17(24)20-5-4-10-28-20)29-16-8-6-15(23)7-9-16/h4-12,21H,13H2,1-3H3/t21-/m1/s1. The van der Waals surface area contributed by atoms with Gasteiger partial charge in [0.15, 0.2) is 17.3 Å². The monoisotopic (exact) mass is 448 g/mol. The van der Waals surface area contributed by atoms with Crippen LogP contribution in [0.5, 0.6) is 17.2 Å². The van der Waals surface area contributed by atoms with E-state index in [2.05, 4.69) is 0 Å². The van der Waals surface area contributed by atoms with E-state index in [0.717, 1.165) is 15.3 Å². The molecule has 7 heteroatoms. The van der Waals surface area contributed by atoms with Crippen LogP contribution in [0.4, 0.5) is 0 Å². The first kappa shape index (κ1) is 21.6. The summed E-state index contributed by atoms with van der Waals surface area (Å²) in [6.07, 6.45) is 0.340. The number of methoxy groups -OCH3 is 3. The van der Waals surface area contributed by atoms with Gasteiger partial charge in [-0.3, -0.25) is 4.79 Å². The van der Waals surface area contributed by atoms with Gasteiger partial charge in [0.05, 0.1) is 26.2 Å². The summed E-state index contributed by atoms with van der Waals surface area (Å²) in [5.41, 5.74) is 0.921. The molecule has 1 aromatic heterocycles. The highest BCUT2D eigenvalue weighted by molar-refractivity contribution is 7.99. The van der Waals surface area contributed by atoms with Gasteiger partial charge in [-0.15, -0.1) is 23.1 Å². The summed E-state index contributed by atoms with van der Waals surface area (Å²) < 4.78 is 16.4. The Balaban J connectivity index is 1.99. The highest BCUT2D eigenvalue weighted by Crippen LogP contribution is 2.45. The number of rotatable bonds is 9. The molecule has 0 aliphatic heterocycles. The summed E-state index contributed by atoms with van der Waals surface area (Å²) in [4.78, 5) is 14.6. The van der Waals surface area contributed by atoms with Crippen molar-refractivity contribution >= 4 is 40.5 Å². The third kappa shape index (κ3) is 5.26. The van der Waals surface area contributed by atoms with Crippen LogP contribution >= 0.6 is 34.7 Å². The summed E-state index contributed by atoms with van der Waals surface area (Å²) in [5, 5.41) is 2.45. The largest absolute Gasteiger partial charge is 0.493 e. The molecule has 0 aliphatic rings. The summed E-state index contributed by atoms with van der Waals surface area (Å²) in [7, 11) is 4.73. The number of thiophene rings is 1. The first-order valence-electron chi connectivity index (χ1n) is 8.84. The molecule has 2 aromatic carbocycles. The summed E-state index contributed by atoms with van der Waals surface area (Å²) in [6.45, 7) is 0. The number of Topliss-reactive ketones (excluding diaryl/α,β-unsaturated/α-hetero) is 1. The third-order valence-corrected chi connectivity index (χ3v) is 6.75. The molecule has 0 saturated carbocycles. The molecular weight excluding hydrogens is 428 g/mol. The quantitative estimate of drug-likeness (QED) is 0.275. The van der Waals surface area contributed by atoms with Crippen molar-refractivity contribution in [3.8, 4) is 17.2 Å². The molecule has 0 unspecified atom stereocenters. The topological polar surface area (TPSA) is 44.8 Å². The molecule has 3 aromatic rings. The van der Waals surface area contributed by atoms with Crippen molar-refractivity contribution in [1.29, 1.82) is 0 Å². The molecule has 1 heterocycles. The van der Waals surface area contributed by atoms with Crippen molar-refractivity contribution in [2.45, 2.75) is 16.6 Å². The van der Waals surface area contributed by atoms with Crippen LogP contribution in [0, 0.1) is 0 Å². The molecule has 4 nitrogen and oxygen atoms in total. The van der Waals surface area contributed by atoms with Crippen LogP contribution in [0.3, 0.4) is 0 Å². The average Bonchev–Trinajstić information content (AvgIpc) is 3.28. The fourth-order valence-corrected chi connectivity index (χ4v) is 4.83. The maximum Gasteiger partial charge on any atom is 0.203 e. The van der Waals surface area contributed by atoms with E-state index in [0.29, 0.717) is 28.7 Å². The number of benzene rings is 2. The van der Waals surface area contributed by atoms with Crippen LogP contribution in [0.2, 0.25) is 5.02 Å². The second-order valence-electron chi connectivity index (χ2n) is 6.12. The zero-order valence-electron chi connectivity index (χ0n) is 16.3. The van der Waals surface area contributed by atoms with Gasteiger partial charge in [-0.1, -0.05) is 17.7 Å². The molecule has 0 fully saturated rings. The fraction of sp³-hybridized carbons (Fsp3) is 0.227. The Kier molecular flexibility index (Phi) is 7.47. The van der Waals surface area contributed by atoms with Gasteiger partial charge in [0, 0.05) is 21.6 Å². The van der Waals surface area contributed by atoms with E-state index in [-0.39, 0.29) is 11.0 Å². The molecule has 152 valence electrons. The summed E-state index contributed by atoms with van der Waals surface area (Å²) in [5.74, 6) is 1.75. The molecule has 0 bridgehead atoms. The number of ketones is 1. The van der Waals surface area contributed by atoms with Crippen molar-refractivity contribution in [2.75, 3.05) is 21.3 Å². The van der Waals surface area contributed by atoms with E-state index >= 15 is 0 Å². The Labute approximate surface area is 183 Å². The van der Waals surface area contributed by atoms with Gasteiger partial charge < -0.3 is 14.2 Å². The van der Waals surface area contributed by atoms with Gasteiger partial charge in [-0.2, -0.15) is 0 Å². The molecule has 0 amide bonds. The van der Waals surface area contributed by atoms with Crippen molar-refractivity contribution in [3.63, 3.8) is 0 Å². The summed E-state index contributed by atoms with van der Waals surface area (Å²) >= 11 is 9.07. The molecule has 0 saturated heterocycles. The normalized spacial score (nSPS) is 11.7. The van der Waals surface area contributed by atoms with E-state index in [1.165, 1.54) is 11.3 Å². The van der Waals surface area contributed by atoms with Crippen LogP contribution in [-0.2, 0) is 0 Å². The fourth-order valence-electron chi connectivity index (χ4n) is 2.90. The van der Waals surface area contributed by atoms with Crippen LogP contribution in [-0.4, -0.2) is 27.1 Å². The Morgan fingerprint density at radius 3 is 2.21 bits per heavy atom. The van der Waals surface area contributed by atoms with Crippen molar-refractivity contribution < 1.29 is 19.0 Å². The lowest BCUT2D eigenvalue weighted by atomic mass is 10.0. The average molecular weight is 449 g/mol. The molecule has 0 N–H and O–H groups in total. The number of hydrogen-bond acceptors (Lipinski definition) is 6. The van der Waals surface area contributed by atoms with Crippen molar-refractivity contribution in [2.24, 2.45) is 0 Å². The lowest BCUT2D eigenvalue weighted by Crippen LogP contribution is -2.05. The zero-order chi connectivity index (χ0) is 20.8. The van der Waals surface area contributed by atoms with Gasteiger partial charge >= 0.3 is 0 Å². The Morgan fingerprint density at radius 1 is 1.03 bits per heavy atom. The summed E-state index contributed by atoms with van der Waals surface area (Å²) in [6, 6.07) is 15.1. The van der Waals surface area contributed by atoms with Crippen LogP contribution in [0.1, 0.15) is 26.9 Å². The van der Waals surface area contributed by atoms with Gasteiger partial charge in [0.25, 0.3) is 0 Å².